The number of nitrogens with zero attached hydrogens (tertiary/aromatic N) is 2. The zero-order valence-corrected chi connectivity index (χ0v) is 14.0. The minimum absolute atomic E-state index is 0. The maximum atomic E-state index is 12.0. The fourth-order valence-electron chi connectivity index (χ4n) is 2.21. The van der Waals surface area contributed by atoms with E-state index in [-0.39, 0.29) is 24.9 Å². The summed E-state index contributed by atoms with van der Waals surface area (Å²) in [6.07, 6.45) is 0. The molecule has 2 aromatic rings. The third-order valence-corrected chi connectivity index (χ3v) is 4.44. The lowest BCUT2D eigenvalue weighted by Crippen LogP contribution is -3.00. The van der Waals surface area contributed by atoms with Crippen LogP contribution in [0.5, 0.6) is 0 Å². The molecule has 1 aromatic heterocycles. The number of guanidine groups is 1. The van der Waals surface area contributed by atoms with Gasteiger partial charge in [-0.25, -0.2) is 4.99 Å². The molecule has 6 heteroatoms. The van der Waals surface area contributed by atoms with Crippen molar-refractivity contribution in [2.24, 2.45) is 4.99 Å². The number of thiophene rings is 1. The Labute approximate surface area is 140 Å². The molecule has 1 aromatic carbocycles. The largest absolute Gasteiger partial charge is 1.00 e. The Balaban J connectivity index is 0.00000176. The molecule has 0 radical (unpaired) electrons. The fraction of sp³-hybridized carbons (Fsp3) is 0.250. The lowest BCUT2D eigenvalue weighted by atomic mass is 10.1. The Morgan fingerprint density at radius 1 is 1.27 bits per heavy atom. The molecule has 0 fully saturated rings. The van der Waals surface area contributed by atoms with E-state index < -0.39 is 0 Å². The van der Waals surface area contributed by atoms with Crippen molar-refractivity contribution in [3.63, 3.8) is 0 Å². The van der Waals surface area contributed by atoms with Crippen molar-refractivity contribution in [2.75, 3.05) is 11.9 Å². The highest BCUT2D eigenvalue weighted by molar-refractivity contribution is 7.09. The first-order chi connectivity index (χ1) is 10.1. The molecule has 0 aliphatic carbocycles. The SMILES string of the molecule is Cc1ccc(NC2=NCC(=O)N2Cc2cccs2)cc1C.[Cl-]. The number of hydrogen-bond donors (Lipinski definition) is 1. The maximum Gasteiger partial charge on any atom is 0.251 e. The molecule has 0 saturated carbocycles. The number of hydrogen-bond acceptors (Lipinski definition) is 4. The van der Waals surface area contributed by atoms with Crippen LogP contribution in [0.3, 0.4) is 0 Å². The summed E-state index contributed by atoms with van der Waals surface area (Å²) in [7, 11) is 0. The molecule has 3 rings (SSSR count). The smallest absolute Gasteiger partial charge is 0.251 e. The number of benzene rings is 1. The van der Waals surface area contributed by atoms with Gasteiger partial charge < -0.3 is 17.7 Å². The van der Waals surface area contributed by atoms with Gasteiger partial charge in [0.15, 0.2) is 0 Å². The number of rotatable bonds is 3. The van der Waals surface area contributed by atoms with Crippen LogP contribution in [0.25, 0.3) is 0 Å². The van der Waals surface area contributed by atoms with Crippen molar-refractivity contribution in [1.29, 1.82) is 0 Å². The fourth-order valence-corrected chi connectivity index (χ4v) is 2.90. The van der Waals surface area contributed by atoms with E-state index in [0.717, 1.165) is 10.6 Å². The number of nitrogens with one attached hydrogen (secondary N) is 1. The highest BCUT2D eigenvalue weighted by atomic mass is 35.5. The molecular weight excluding hydrogens is 318 g/mol. The minimum atomic E-state index is 0. The Morgan fingerprint density at radius 3 is 2.77 bits per heavy atom. The summed E-state index contributed by atoms with van der Waals surface area (Å²) in [5, 5.41) is 5.28. The Bertz CT molecular complexity index is 697. The van der Waals surface area contributed by atoms with Gasteiger partial charge in [0.05, 0.1) is 6.54 Å². The van der Waals surface area contributed by atoms with E-state index in [2.05, 4.69) is 36.3 Å². The number of aliphatic imine (C=N–C) groups is 1. The van der Waals surface area contributed by atoms with Crippen LogP contribution in [0.1, 0.15) is 16.0 Å². The van der Waals surface area contributed by atoms with E-state index >= 15 is 0 Å². The number of carbonyl (C=O) groups is 1. The minimum Gasteiger partial charge on any atom is -1.00 e. The summed E-state index contributed by atoms with van der Waals surface area (Å²) < 4.78 is 0. The van der Waals surface area contributed by atoms with Gasteiger partial charge in [0.2, 0.25) is 5.96 Å². The topological polar surface area (TPSA) is 44.7 Å². The molecule has 22 heavy (non-hydrogen) atoms. The maximum absolute atomic E-state index is 12.0. The molecular formula is C16H17ClN3OS-. The molecule has 2 heterocycles. The van der Waals surface area contributed by atoms with Crippen molar-refractivity contribution >= 4 is 28.9 Å². The molecule has 1 aliphatic rings. The summed E-state index contributed by atoms with van der Waals surface area (Å²) in [5.41, 5.74) is 3.43. The lowest BCUT2D eigenvalue weighted by molar-refractivity contribution is -0.125. The van der Waals surface area contributed by atoms with Crippen LogP contribution in [-0.2, 0) is 11.3 Å². The highest BCUT2D eigenvalue weighted by Gasteiger charge is 2.25. The van der Waals surface area contributed by atoms with Crippen molar-refractivity contribution in [1.82, 2.24) is 4.90 Å². The van der Waals surface area contributed by atoms with Gasteiger partial charge in [0.1, 0.15) is 6.54 Å². The normalized spacial score (nSPS) is 13.8. The summed E-state index contributed by atoms with van der Waals surface area (Å²) in [6, 6.07) is 10.2. The molecule has 0 saturated heterocycles. The van der Waals surface area contributed by atoms with Crippen LogP contribution in [0.4, 0.5) is 5.69 Å². The molecule has 1 amide bonds. The Morgan fingerprint density at radius 2 is 2.09 bits per heavy atom. The summed E-state index contributed by atoms with van der Waals surface area (Å²) in [5.74, 6) is 0.673. The predicted molar refractivity (Wildman–Crippen MR) is 86.7 cm³/mol. The monoisotopic (exact) mass is 334 g/mol. The standard InChI is InChI=1S/C16H17N3OS.ClH/c1-11-5-6-13(8-12(11)2)18-16-17-9-15(20)19(16)10-14-4-3-7-21-14;/h3-8H,9-10H2,1-2H3,(H,17,18);1H/p-1. The molecule has 4 nitrogen and oxygen atoms in total. The van der Waals surface area contributed by atoms with Crippen molar-refractivity contribution in [3.05, 3.63) is 51.7 Å². The number of carbonyl (C=O) groups excluding carboxylic acids is 1. The average Bonchev–Trinajstić information content (AvgIpc) is 3.08. The first kappa shape index (κ1) is 16.5. The van der Waals surface area contributed by atoms with Gasteiger partial charge >= 0.3 is 0 Å². The number of anilines is 1. The molecule has 116 valence electrons. The Hall–Kier alpha value is -1.85. The summed E-state index contributed by atoms with van der Waals surface area (Å²) in [6.45, 7) is 4.95. The third-order valence-electron chi connectivity index (χ3n) is 3.58. The molecule has 0 atom stereocenters. The number of aryl methyl sites for hydroxylation is 2. The van der Waals surface area contributed by atoms with Crippen LogP contribution in [-0.4, -0.2) is 23.3 Å². The second-order valence-electron chi connectivity index (χ2n) is 5.12. The van der Waals surface area contributed by atoms with Gasteiger partial charge in [-0.05, 0) is 48.6 Å². The zero-order chi connectivity index (χ0) is 14.8. The summed E-state index contributed by atoms with van der Waals surface area (Å²) in [4.78, 5) is 19.2. The third kappa shape index (κ3) is 3.48. The van der Waals surface area contributed by atoms with Crippen molar-refractivity contribution in [2.45, 2.75) is 20.4 Å². The Kier molecular flexibility index (Phi) is 5.21. The molecule has 0 unspecified atom stereocenters. The van der Waals surface area contributed by atoms with Gasteiger partial charge in [0, 0.05) is 10.6 Å². The van der Waals surface area contributed by atoms with Gasteiger partial charge in [-0.3, -0.25) is 9.69 Å². The molecule has 0 bridgehead atoms. The quantitative estimate of drug-likeness (QED) is 0.870. The van der Waals surface area contributed by atoms with E-state index in [4.69, 9.17) is 0 Å². The van der Waals surface area contributed by atoms with Gasteiger partial charge in [-0.15, -0.1) is 11.3 Å². The van der Waals surface area contributed by atoms with Gasteiger partial charge in [0.25, 0.3) is 5.91 Å². The van der Waals surface area contributed by atoms with E-state index in [1.54, 1.807) is 16.2 Å². The van der Waals surface area contributed by atoms with E-state index in [1.165, 1.54) is 11.1 Å². The second-order valence-corrected chi connectivity index (χ2v) is 6.16. The van der Waals surface area contributed by atoms with Crippen molar-refractivity contribution in [3.8, 4) is 0 Å². The lowest BCUT2D eigenvalue weighted by Gasteiger charge is -2.19. The first-order valence-electron chi connectivity index (χ1n) is 6.85. The second kappa shape index (κ2) is 6.94. The van der Waals surface area contributed by atoms with E-state index in [1.807, 2.05) is 23.6 Å². The first-order valence-corrected chi connectivity index (χ1v) is 7.73. The zero-order valence-electron chi connectivity index (χ0n) is 12.5. The molecule has 1 N–H and O–H groups in total. The van der Waals surface area contributed by atoms with Gasteiger partial charge in [-0.2, -0.15) is 0 Å². The highest BCUT2D eigenvalue weighted by Crippen LogP contribution is 2.18. The molecule has 0 spiro atoms. The van der Waals surface area contributed by atoms with Crippen LogP contribution >= 0.6 is 11.3 Å². The number of halogens is 1. The van der Waals surface area contributed by atoms with Crippen LogP contribution < -0.4 is 17.7 Å². The average molecular weight is 335 g/mol. The van der Waals surface area contributed by atoms with E-state index in [0.29, 0.717) is 12.5 Å². The van der Waals surface area contributed by atoms with E-state index in [9.17, 15) is 4.79 Å². The van der Waals surface area contributed by atoms with Crippen molar-refractivity contribution < 1.29 is 17.2 Å². The number of amides is 1. The summed E-state index contributed by atoms with van der Waals surface area (Å²) >= 11 is 1.65. The van der Waals surface area contributed by atoms with Crippen LogP contribution in [0.15, 0.2) is 40.7 Å². The van der Waals surface area contributed by atoms with Crippen LogP contribution in [0.2, 0.25) is 0 Å². The van der Waals surface area contributed by atoms with Crippen LogP contribution in [0, 0.1) is 13.8 Å². The predicted octanol–water partition coefficient (Wildman–Crippen LogP) is 0.179. The van der Waals surface area contributed by atoms with Gasteiger partial charge in [-0.1, -0.05) is 12.1 Å². The molecule has 1 aliphatic heterocycles.